The molecule has 1 fully saturated rings. The molecule has 0 bridgehead atoms. The number of nitro groups is 1. The minimum atomic E-state index is -0.903. The highest BCUT2D eigenvalue weighted by Crippen LogP contribution is 2.33. The normalized spacial score (nSPS) is 21.0. The smallest absolute Gasteiger partial charge is 0.306 e. The van der Waals surface area contributed by atoms with Crippen LogP contribution in [0.2, 0.25) is 0 Å². The first-order chi connectivity index (χ1) is 9.88. The molecule has 8 heteroatoms. The second-order valence-electron chi connectivity index (χ2n) is 4.95. The lowest BCUT2D eigenvalue weighted by atomic mass is 10.0. The van der Waals surface area contributed by atoms with Gasteiger partial charge >= 0.3 is 5.97 Å². The van der Waals surface area contributed by atoms with Gasteiger partial charge in [0.25, 0.3) is 5.69 Å². The van der Waals surface area contributed by atoms with Crippen molar-refractivity contribution in [2.75, 3.05) is 5.32 Å². The van der Waals surface area contributed by atoms with E-state index in [1.54, 1.807) is 6.07 Å². The summed E-state index contributed by atoms with van der Waals surface area (Å²) in [5, 5.41) is 22.4. The summed E-state index contributed by atoms with van der Waals surface area (Å²) in [6.07, 6.45) is 1.20. The van der Waals surface area contributed by atoms with Crippen LogP contribution in [0.1, 0.15) is 19.3 Å². The molecule has 0 spiro atoms. The van der Waals surface area contributed by atoms with Gasteiger partial charge in [0.1, 0.15) is 5.69 Å². The summed E-state index contributed by atoms with van der Waals surface area (Å²) in [5.41, 5.74) is -0.0857. The molecule has 1 aliphatic rings. The van der Waals surface area contributed by atoms with Gasteiger partial charge in [-0.25, -0.2) is 0 Å². The van der Waals surface area contributed by atoms with Gasteiger partial charge < -0.3 is 10.4 Å². The number of carboxylic acids is 1. The number of nitrogens with zero attached hydrogens (tertiary/aromatic N) is 1. The van der Waals surface area contributed by atoms with Crippen molar-refractivity contribution in [3.8, 4) is 0 Å². The number of rotatable bonds is 4. The van der Waals surface area contributed by atoms with Crippen LogP contribution >= 0.6 is 15.9 Å². The topological polar surface area (TPSA) is 110 Å². The van der Waals surface area contributed by atoms with Gasteiger partial charge in [-0.3, -0.25) is 19.7 Å². The van der Waals surface area contributed by atoms with Crippen LogP contribution in [0.5, 0.6) is 0 Å². The van der Waals surface area contributed by atoms with Gasteiger partial charge in [0.05, 0.1) is 10.8 Å². The molecule has 2 N–H and O–H groups in total. The lowest BCUT2D eigenvalue weighted by molar-refractivity contribution is -0.384. The lowest BCUT2D eigenvalue weighted by Crippen LogP contribution is -2.22. The predicted octanol–water partition coefficient (Wildman–Crippen LogP) is 2.80. The molecule has 1 aromatic rings. The Kier molecular flexibility index (Phi) is 4.56. The summed E-state index contributed by atoms with van der Waals surface area (Å²) in [4.78, 5) is 33.4. The molecule has 21 heavy (non-hydrogen) atoms. The molecule has 1 amide bonds. The van der Waals surface area contributed by atoms with Crippen molar-refractivity contribution in [3.63, 3.8) is 0 Å². The van der Waals surface area contributed by atoms with Crippen LogP contribution in [0.15, 0.2) is 22.7 Å². The number of aliphatic carboxylic acids is 1. The van der Waals surface area contributed by atoms with Gasteiger partial charge in [-0.1, -0.05) is 15.9 Å². The summed E-state index contributed by atoms with van der Waals surface area (Å²) < 4.78 is 0.541. The zero-order valence-corrected chi connectivity index (χ0v) is 12.5. The number of carbonyl (C=O) groups is 2. The van der Waals surface area contributed by atoms with Crippen LogP contribution in [0.25, 0.3) is 0 Å². The molecule has 0 radical (unpaired) electrons. The van der Waals surface area contributed by atoms with Gasteiger partial charge in [-0.15, -0.1) is 0 Å². The van der Waals surface area contributed by atoms with Crippen molar-refractivity contribution in [1.82, 2.24) is 0 Å². The van der Waals surface area contributed by atoms with E-state index in [-0.39, 0.29) is 23.7 Å². The fourth-order valence-corrected chi connectivity index (χ4v) is 2.79. The van der Waals surface area contributed by atoms with E-state index in [1.807, 2.05) is 0 Å². The molecule has 0 aromatic heterocycles. The largest absolute Gasteiger partial charge is 0.481 e. The number of nitrogens with one attached hydrogen (secondary N) is 1. The van der Waals surface area contributed by atoms with E-state index in [0.29, 0.717) is 17.3 Å². The minimum Gasteiger partial charge on any atom is -0.481 e. The van der Waals surface area contributed by atoms with Crippen LogP contribution in [0.3, 0.4) is 0 Å². The van der Waals surface area contributed by atoms with E-state index < -0.39 is 22.7 Å². The van der Waals surface area contributed by atoms with Crippen molar-refractivity contribution in [2.45, 2.75) is 19.3 Å². The summed E-state index contributed by atoms with van der Waals surface area (Å²) in [7, 11) is 0. The first kappa shape index (κ1) is 15.4. The highest BCUT2D eigenvalue weighted by molar-refractivity contribution is 9.10. The van der Waals surface area contributed by atoms with Crippen LogP contribution in [-0.4, -0.2) is 21.9 Å². The molecule has 2 rings (SSSR count). The van der Waals surface area contributed by atoms with Gasteiger partial charge in [0, 0.05) is 16.5 Å². The third-order valence-electron chi connectivity index (χ3n) is 3.57. The molecule has 2 atom stereocenters. The van der Waals surface area contributed by atoms with Crippen molar-refractivity contribution in [3.05, 3.63) is 32.8 Å². The Morgan fingerprint density at radius 2 is 2.00 bits per heavy atom. The number of anilines is 1. The second kappa shape index (κ2) is 6.21. The zero-order chi connectivity index (χ0) is 15.6. The quantitative estimate of drug-likeness (QED) is 0.636. The van der Waals surface area contributed by atoms with Crippen molar-refractivity contribution in [2.24, 2.45) is 11.8 Å². The Balaban J connectivity index is 2.10. The molecule has 0 saturated heterocycles. The standard InChI is InChI=1S/C13H13BrN2O5/c14-9-3-4-10(11(6-9)16(20)21)15-12(17)7-1-2-8(5-7)13(18)19/h3-4,6-8H,1-2,5H2,(H,15,17)(H,18,19)/t7-,8+/m1/s1. The van der Waals surface area contributed by atoms with Crippen LogP contribution in [0.4, 0.5) is 11.4 Å². The maximum atomic E-state index is 12.1. The number of benzene rings is 1. The first-order valence-electron chi connectivity index (χ1n) is 6.36. The Hall–Kier alpha value is -1.96. The van der Waals surface area contributed by atoms with E-state index in [4.69, 9.17) is 5.11 Å². The third kappa shape index (κ3) is 3.57. The Labute approximate surface area is 128 Å². The maximum absolute atomic E-state index is 12.1. The molecule has 1 aromatic carbocycles. The molecule has 0 heterocycles. The van der Waals surface area contributed by atoms with E-state index in [9.17, 15) is 19.7 Å². The molecule has 0 aliphatic heterocycles. The van der Waals surface area contributed by atoms with Gasteiger partial charge in [-0.2, -0.15) is 0 Å². The molecule has 1 saturated carbocycles. The molecule has 112 valence electrons. The Bertz CT molecular complexity index is 604. The van der Waals surface area contributed by atoms with Crippen LogP contribution < -0.4 is 5.32 Å². The summed E-state index contributed by atoms with van der Waals surface area (Å²) in [6, 6.07) is 4.35. The summed E-state index contributed by atoms with van der Waals surface area (Å²) in [5.74, 6) is -2.21. The van der Waals surface area contributed by atoms with Gasteiger partial charge in [0.2, 0.25) is 5.91 Å². The fourth-order valence-electron chi connectivity index (χ4n) is 2.44. The third-order valence-corrected chi connectivity index (χ3v) is 4.06. The summed E-state index contributed by atoms with van der Waals surface area (Å²) >= 11 is 3.14. The Morgan fingerprint density at radius 3 is 2.57 bits per heavy atom. The second-order valence-corrected chi connectivity index (χ2v) is 5.87. The monoisotopic (exact) mass is 356 g/mol. The number of carboxylic acid groups (broad SMARTS) is 1. The first-order valence-corrected chi connectivity index (χ1v) is 7.15. The number of carbonyl (C=O) groups excluding carboxylic acids is 1. The fraction of sp³-hybridized carbons (Fsp3) is 0.385. The predicted molar refractivity (Wildman–Crippen MR) is 77.9 cm³/mol. The van der Waals surface area contributed by atoms with E-state index >= 15 is 0 Å². The lowest BCUT2D eigenvalue weighted by Gasteiger charge is -2.11. The number of hydrogen-bond donors (Lipinski definition) is 2. The van der Waals surface area contributed by atoms with Crippen molar-refractivity contribution in [1.29, 1.82) is 0 Å². The SMILES string of the molecule is O=C(O)[C@H]1CC[C@@H](C(=O)Nc2ccc(Br)cc2[N+](=O)[O-])C1. The summed E-state index contributed by atoms with van der Waals surface area (Å²) in [6.45, 7) is 0. The molecule has 0 unspecified atom stereocenters. The average molecular weight is 357 g/mol. The molecular weight excluding hydrogens is 344 g/mol. The van der Waals surface area contributed by atoms with E-state index in [2.05, 4.69) is 21.2 Å². The van der Waals surface area contributed by atoms with Gasteiger partial charge in [-0.05, 0) is 31.4 Å². The van der Waals surface area contributed by atoms with E-state index in [1.165, 1.54) is 12.1 Å². The van der Waals surface area contributed by atoms with Crippen molar-refractivity contribution < 1.29 is 19.6 Å². The number of amides is 1. The Morgan fingerprint density at radius 1 is 1.33 bits per heavy atom. The molecule has 1 aliphatic carbocycles. The molecule has 7 nitrogen and oxygen atoms in total. The van der Waals surface area contributed by atoms with Gasteiger partial charge in [0.15, 0.2) is 0 Å². The average Bonchev–Trinajstić information content (AvgIpc) is 2.90. The number of nitro benzene ring substituents is 1. The molecular formula is C13H13BrN2O5. The van der Waals surface area contributed by atoms with Crippen LogP contribution in [0, 0.1) is 22.0 Å². The number of hydrogen-bond acceptors (Lipinski definition) is 4. The highest BCUT2D eigenvalue weighted by atomic mass is 79.9. The maximum Gasteiger partial charge on any atom is 0.306 e. The zero-order valence-electron chi connectivity index (χ0n) is 10.9. The number of halogens is 1. The minimum absolute atomic E-state index is 0.118. The van der Waals surface area contributed by atoms with E-state index in [0.717, 1.165) is 0 Å². The van der Waals surface area contributed by atoms with Crippen LogP contribution in [-0.2, 0) is 9.59 Å². The highest BCUT2D eigenvalue weighted by Gasteiger charge is 2.34. The van der Waals surface area contributed by atoms with Crippen molar-refractivity contribution >= 4 is 39.2 Å².